The number of aliphatic carboxylic acids is 1. The number of nitrogens with zero attached hydrogens (tertiary/aromatic N) is 2. The van der Waals surface area contributed by atoms with Crippen molar-refractivity contribution in [1.82, 2.24) is 9.80 Å². The van der Waals surface area contributed by atoms with Crippen LogP contribution < -0.4 is 0 Å². The molecule has 6 heteroatoms. The summed E-state index contributed by atoms with van der Waals surface area (Å²) < 4.78 is 0. The number of likely N-dealkylation sites (tertiary alicyclic amines) is 1. The zero-order valence-electron chi connectivity index (χ0n) is 13.0. The van der Waals surface area contributed by atoms with Gasteiger partial charge in [0.05, 0.1) is 5.41 Å². The Morgan fingerprint density at radius 2 is 2.24 bits per heavy atom. The lowest BCUT2D eigenvalue weighted by molar-refractivity contribution is -0.152. The van der Waals surface area contributed by atoms with Gasteiger partial charge in [-0.25, -0.2) is 4.79 Å². The predicted molar refractivity (Wildman–Crippen MR) is 84.7 cm³/mol. The molecule has 2 aliphatic rings. The smallest absolute Gasteiger partial charge is 0.320 e. The normalized spacial score (nSPS) is 29.4. The number of urea groups is 1. The van der Waals surface area contributed by atoms with Crippen molar-refractivity contribution in [2.75, 3.05) is 31.6 Å². The maximum Gasteiger partial charge on any atom is 0.320 e. The van der Waals surface area contributed by atoms with Crippen LogP contribution in [0, 0.1) is 5.41 Å². The molecule has 0 radical (unpaired) electrons. The van der Waals surface area contributed by atoms with E-state index in [0.29, 0.717) is 32.0 Å². The number of carbonyl (C=O) groups excluding carboxylic acids is 1. The van der Waals surface area contributed by atoms with E-state index in [9.17, 15) is 14.7 Å². The van der Waals surface area contributed by atoms with Crippen molar-refractivity contribution in [2.24, 2.45) is 5.41 Å². The van der Waals surface area contributed by atoms with Crippen LogP contribution >= 0.6 is 11.8 Å². The predicted octanol–water partition coefficient (Wildman–Crippen LogP) is 2.51. The second-order valence-electron chi connectivity index (χ2n) is 6.27. The molecule has 0 aromatic carbocycles. The molecule has 0 aromatic rings. The number of carboxylic acid groups (broad SMARTS) is 1. The SMILES string of the molecule is CCCC1(C(=O)O)CCCN(C(=O)N(C)C2CCSC2)C1. The van der Waals surface area contributed by atoms with Crippen LogP contribution in [0.2, 0.25) is 0 Å². The van der Waals surface area contributed by atoms with Crippen molar-refractivity contribution in [2.45, 2.75) is 45.1 Å². The summed E-state index contributed by atoms with van der Waals surface area (Å²) in [7, 11) is 1.86. The molecule has 2 saturated heterocycles. The number of rotatable bonds is 4. The highest BCUT2D eigenvalue weighted by molar-refractivity contribution is 7.99. The molecular weight excluding hydrogens is 288 g/mol. The van der Waals surface area contributed by atoms with Gasteiger partial charge in [-0.1, -0.05) is 13.3 Å². The van der Waals surface area contributed by atoms with Gasteiger partial charge in [-0.05, 0) is 31.4 Å². The Labute approximate surface area is 131 Å². The molecule has 2 fully saturated rings. The van der Waals surface area contributed by atoms with Gasteiger partial charge in [-0.2, -0.15) is 11.8 Å². The van der Waals surface area contributed by atoms with E-state index in [1.165, 1.54) is 0 Å². The summed E-state index contributed by atoms with van der Waals surface area (Å²) in [5, 5.41) is 9.61. The monoisotopic (exact) mass is 314 g/mol. The van der Waals surface area contributed by atoms with Crippen molar-refractivity contribution >= 4 is 23.8 Å². The number of hydrogen-bond donors (Lipinski definition) is 1. The fraction of sp³-hybridized carbons (Fsp3) is 0.867. The lowest BCUT2D eigenvalue weighted by Gasteiger charge is -2.42. The van der Waals surface area contributed by atoms with Crippen molar-refractivity contribution in [1.29, 1.82) is 0 Å². The van der Waals surface area contributed by atoms with E-state index in [2.05, 4.69) is 0 Å². The quantitative estimate of drug-likeness (QED) is 0.866. The van der Waals surface area contributed by atoms with Gasteiger partial charge in [0.25, 0.3) is 0 Å². The van der Waals surface area contributed by atoms with Gasteiger partial charge in [0.1, 0.15) is 0 Å². The molecule has 2 rings (SSSR count). The van der Waals surface area contributed by atoms with Crippen LogP contribution in [0.3, 0.4) is 0 Å². The highest BCUT2D eigenvalue weighted by Crippen LogP contribution is 2.35. The third kappa shape index (κ3) is 3.47. The molecule has 0 aromatic heterocycles. The average molecular weight is 314 g/mol. The van der Waals surface area contributed by atoms with Gasteiger partial charge in [0, 0.05) is 31.9 Å². The summed E-state index contributed by atoms with van der Waals surface area (Å²) in [5.41, 5.74) is -0.742. The largest absolute Gasteiger partial charge is 0.481 e. The van der Waals surface area contributed by atoms with E-state index < -0.39 is 11.4 Å². The zero-order chi connectivity index (χ0) is 15.5. The third-order valence-electron chi connectivity index (χ3n) is 4.78. The Morgan fingerprint density at radius 1 is 1.48 bits per heavy atom. The Bertz CT molecular complexity index is 394. The van der Waals surface area contributed by atoms with Crippen LogP contribution in [0.15, 0.2) is 0 Å². The fourth-order valence-corrected chi connectivity index (χ4v) is 4.73. The third-order valence-corrected chi connectivity index (χ3v) is 5.93. The highest BCUT2D eigenvalue weighted by Gasteiger charge is 2.43. The van der Waals surface area contributed by atoms with Gasteiger partial charge in [0.2, 0.25) is 0 Å². The first kappa shape index (κ1) is 16.5. The highest BCUT2D eigenvalue weighted by atomic mass is 32.2. The van der Waals surface area contributed by atoms with Crippen LogP contribution in [-0.4, -0.2) is 64.6 Å². The maximum absolute atomic E-state index is 12.6. The zero-order valence-corrected chi connectivity index (χ0v) is 13.8. The van der Waals surface area contributed by atoms with E-state index in [1.807, 2.05) is 30.6 Å². The summed E-state index contributed by atoms with van der Waals surface area (Å²) in [6.07, 6.45) is 3.99. The van der Waals surface area contributed by atoms with Crippen LogP contribution in [-0.2, 0) is 4.79 Å². The molecule has 21 heavy (non-hydrogen) atoms. The number of thioether (sulfide) groups is 1. The Balaban J connectivity index is 2.05. The summed E-state index contributed by atoms with van der Waals surface area (Å²) in [6, 6.07) is 0.304. The molecule has 120 valence electrons. The maximum atomic E-state index is 12.6. The van der Waals surface area contributed by atoms with Gasteiger partial charge < -0.3 is 14.9 Å². The Morgan fingerprint density at radius 3 is 2.81 bits per heavy atom. The van der Waals surface area contributed by atoms with E-state index in [0.717, 1.165) is 30.8 Å². The molecule has 5 nitrogen and oxygen atoms in total. The Kier molecular flexibility index (Phi) is 5.41. The first-order valence-electron chi connectivity index (χ1n) is 7.83. The fourth-order valence-electron chi connectivity index (χ4n) is 3.47. The first-order chi connectivity index (χ1) is 10.00. The molecule has 0 saturated carbocycles. The molecule has 2 amide bonds. The summed E-state index contributed by atoms with van der Waals surface area (Å²) in [5.74, 6) is 1.35. The van der Waals surface area contributed by atoms with Crippen LogP contribution in [0.1, 0.15) is 39.0 Å². The first-order valence-corrected chi connectivity index (χ1v) is 8.98. The summed E-state index contributed by atoms with van der Waals surface area (Å²) in [6.45, 7) is 3.05. The molecule has 2 aliphatic heterocycles. The summed E-state index contributed by atoms with van der Waals surface area (Å²) >= 11 is 1.88. The summed E-state index contributed by atoms with van der Waals surface area (Å²) in [4.78, 5) is 27.9. The van der Waals surface area contributed by atoms with E-state index in [4.69, 9.17) is 0 Å². The lowest BCUT2D eigenvalue weighted by Crippen LogP contribution is -2.54. The number of amides is 2. The molecular formula is C15H26N2O3S. The second-order valence-corrected chi connectivity index (χ2v) is 7.42. The van der Waals surface area contributed by atoms with Crippen molar-refractivity contribution in [3.63, 3.8) is 0 Å². The number of piperidine rings is 1. The van der Waals surface area contributed by atoms with Gasteiger partial charge in [0.15, 0.2) is 0 Å². The van der Waals surface area contributed by atoms with Crippen LogP contribution in [0.25, 0.3) is 0 Å². The standard InChI is InChI=1S/C15H26N2O3S/c1-3-6-15(13(18)19)7-4-8-17(11-15)14(20)16(2)12-5-9-21-10-12/h12H,3-11H2,1-2H3,(H,18,19). The van der Waals surface area contributed by atoms with E-state index in [1.54, 1.807) is 4.90 Å². The second kappa shape index (κ2) is 6.90. The number of carboxylic acids is 1. The van der Waals surface area contributed by atoms with Crippen molar-refractivity contribution in [3.05, 3.63) is 0 Å². The minimum absolute atomic E-state index is 0.00364. The molecule has 0 bridgehead atoms. The van der Waals surface area contributed by atoms with E-state index >= 15 is 0 Å². The van der Waals surface area contributed by atoms with Crippen LogP contribution in [0.5, 0.6) is 0 Å². The number of hydrogen-bond acceptors (Lipinski definition) is 3. The van der Waals surface area contributed by atoms with E-state index in [-0.39, 0.29) is 6.03 Å². The van der Waals surface area contributed by atoms with Gasteiger partial charge in [-0.15, -0.1) is 0 Å². The minimum Gasteiger partial charge on any atom is -0.481 e. The van der Waals surface area contributed by atoms with Crippen LogP contribution in [0.4, 0.5) is 4.79 Å². The topological polar surface area (TPSA) is 60.9 Å². The minimum atomic E-state index is -0.749. The van der Waals surface area contributed by atoms with Crippen molar-refractivity contribution in [3.8, 4) is 0 Å². The molecule has 2 heterocycles. The molecule has 1 N–H and O–H groups in total. The number of carbonyl (C=O) groups is 2. The average Bonchev–Trinajstić information content (AvgIpc) is 3.00. The van der Waals surface area contributed by atoms with Gasteiger partial charge in [-0.3, -0.25) is 4.79 Å². The van der Waals surface area contributed by atoms with Gasteiger partial charge >= 0.3 is 12.0 Å². The van der Waals surface area contributed by atoms with Crippen molar-refractivity contribution < 1.29 is 14.7 Å². The Hall–Kier alpha value is -0.910. The molecule has 0 aliphatic carbocycles. The molecule has 2 unspecified atom stereocenters. The molecule has 0 spiro atoms. The lowest BCUT2D eigenvalue weighted by atomic mass is 9.76. The molecule has 2 atom stereocenters.